The number of aliphatic hydroxyl groups is 3. The number of unbranched alkanes of at least 4 members (excludes halogenated alkanes) is 1. The summed E-state index contributed by atoms with van der Waals surface area (Å²) in [5, 5.41) is 45.2. The maximum Gasteiger partial charge on any atom is 0.326 e. The average molecular weight is 537 g/mol. The highest BCUT2D eigenvalue weighted by Gasteiger charge is 2.65. The van der Waals surface area contributed by atoms with Crippen LogP contribution in [-0.2, 0) is 9.59 Å². The van der Waals surface area contributed by atoms with Gasteiger partial charge in [0, 0.05) is 6.42 Å². The standard InChI is InChI=1S/C30H52N2O6/c1-17(7-10-24(34)32-23(28(37)38)6-4-5-15-31)19-8-9-20-25-21(12-14-29(19,20)2)30(3)13-11-18(33)16-22(30)26(35)27(25)36/h17-23,25-27,33,35-36H,4-16,31H2,1-3H3,(H,32,34)(H,37,38)/t17-,18-,19-,20+,21+,22+,23+,25+,26-,27-,29-,30-/m1/s1. The molecule has 0 bridgehead atoms. The molecule has 4 saturated carbocycles. The van der Waals surface area contributed by atoms with Crippen LogP contribution in [0.1, 0.15) is 97.8 Å². The van der Waals surface area contributed by atoms with Crippen LogP contribution in [0.4, 0.5) is 0 Å². The largest absolute Gasteiger partial charge is 0.480 e. The number of carboxylic acids is 1. The van der Waals surface area contributed by atoms with E-state index < -0.39 is 24.2 Å². The summed E-state index contributed by atoms with van der Waals surface area (Å²) in [5.74, 6) is 0.277. The summed E-state index contributed by atoms with van der Waals surface area (Å²) in [6.45, 7) is 7.41. The number of aliphatic carboxylic acids is 1. The number of carbonyl (C=O) groups excluding carboxylic acids is 1. The molecule has 0 aromatic carbocycles. The van der Waals surface area contributed by atoms with Gasteiger partial charge in [-0.1, -0.05) is 20.8 Å². The molecular weight excluding hydrogens is 484 g/mol. The van der Waals surface area contributed by atoms with Crippen LogP contribution in [0.5, 0.6) is 0 Å². The first-order valence-electron chi connectivity index (χ1n) is 15.2. The fourth-order valence-corrected chi connectivity index (χ4v) is 9.79. The lowest BCUT2D eigenvalue weighted by atomic mass is 9.43. The van der Waals surface area contributed by atoms with Gasteiger partial charge in [0.15, 0.2) is 0 Å². The fraction of sp³-hybridized carbons (Fsp3) is 0.933. The third-order valence-corrected chi connectivity index (χ3v) is 11.9. The number of amides is 1. The number of hydrogen-bond donors (Lipinski definition) is 6. The average Bonchev–Trinajstić information content (AvgIpc) is 3.23. The van der Waals surface area contributed by atoms with Crippen LogP contribution in [0.25, 0.3) is 0 Å². The highest BCUT2D eigenvalue weighted by atomic mass is 16.4. The second-order valence-corrected chi connectivity index (χ2v) is 13.8. The van der Waals surface area contributed by atoms with Crippen LogP contribution in [-0.4, -0.2) is 63.2 Å². The molecule has 4 aliphatic rings. The van der Waals surface area contributed by atoms with Crippen molar-refractivity contribution in [2.45, 2.75) is 122 Å². The Hall–Kier alpha value is -1.22. The number of hydrogen-bond acceptors (Lipinski definition) is 6. The molecule has 4 aliphatic carbocycles. The molecule has 4 rings (SSSR count). The van der Waals surface area contributed by atoms with Crippen molar-refractivity contribution in [1.82, 2.24) is 5.32 Å². The second kappa shape index (κ2) is 11.7. The van der Waals surface area contributed by atoms with Crippen molar-refractivity contribution in [3.05, 3.63) is 0 Å². The van der Waals surface area contributed by atoms with Crippen molar-refractivity contribution in [3.63, 3.8) is 0 Å². The third-order valence-electron chi connectivity index (χ3n) is 11.9. The van der Waals surface area contributed by atoms with Gasteiger partial charge in [-0.15, -0.1) is 0 Å². The molecule has 0 aromatic heterocycles. The number of aliphatic hydroxyl groups excluding tert-OH is 3. The van der Waals surface area contributed by atoms with Crippen molar-refractivity contribution in [1.29, 1.82) is 0 Å². The monoisotopic (exact) mass is 536 g/mol. The Morgan fingerprint density at radius 3 is 2.29 bits per heavy atom. The van der Waals surface area contributed by atoms with Crippen LogP contribution in [0.3, 0.4) is 0 Å². The Kier molecular flexibility index (Phi) is 9.17. The van der Waals surface area contributed by atoms with E-state index in [0.717, 1.165) is 44.9 Å². The number of carboxylic acid groups (broad SMARTS) is 1. The maximum absolute atomic E-state index is 12.7. The summed E-state index contributed by atoms with van der Waals surface area (Å²) in [7, 11) is 0. The number of carbonyl (C=O) groups is 2. The molecule has 0 spiro atoms. The Morgan fingerprint density at radius 1 is 0.921 bits per heavy atom. The Bertz CT molecular complexity index is 855. The first kappa shape index (κ1) is 29.8. The van der Waals surface area contributed by atoms with E-state index >= 15 is 0 Å². The molecule has 0 aliphatic heterocycles. The van der Waals surface area contributed by atoms with Gasteiger partial charge in [0.1, 0.15) is 6.04 Å². The lowest BCUT2D eigenvalue weighted by Gasteiger charge is -2.63. The Morgan fingerprint density at radius 2 is 1.61 bits per heavy atom. The predicted octanol–water partition coefficient (Wildman–Crippen LogP) is 3.06. The summed E-state index contributed by atoms with van der Waals surface area (Å²) in [6, 6.07) is -0.863. The molecule has 0 heterocycles. The Labute approximate surface area is 228 Å². The third kappa shape index (κ3) is 5.39. The summed E-state index contributed by atoms with van der Waals surface area (Å²) in [4.78, 5) is 24.2. The molecule has 4 fully saturated rings. The zero-order valence-corrected chi connectivity index (χ0v) is 23.6. The SMILES string of the molecule is C[C@H](CCC(=O)N[C@@H](CCCCN)C(=O)O)[C@H]1CC[C@H]2[C@@H]3[C@@H](O)[C@H](O)[C@@H]4C[C@H](O)CC[C@]4(C)[C@H]3CC[C@]12C. The van der Waals surface area contributed by atoms with E-state index in [4.69, 9.17) is 5.73 Å². The Balaban J connectivity index is 1.39. The van der Waals surface area contributed by atoms with Gasteiger partial charge >= 0.3 is 5.97 Å². The lowest BCUT2D eigenvalue weighted by molar-refractivity contribution is -0.223. The summed E-state index contributed by atoms with van der Waals surface area (Å²) < 4.78 is 0. The maximum atomic E-state index is 12.7. The van der Waals surface area contributed by atoms with Gasteiger partial charge in [-0.05, 0) is 124 Å². The predicted molar refractivity (Wildman–Crippen MR) is 145 cm³/mol. The first-order valence-corrected chi connectivity index (χ1v) is 15.2. The van der Waals surface area contributed by atoms with Crippen molar-refractivity contribution >= 4 is 11.9 Å². The van der Waals surface area contributed by atoms with Gasteiger partial charge in [0.25, 0.3) is 0 Å². The molecule has 12 atom stereocenters. The van der Waals surface area contributed by atoms with Gasteiger partial charge in [-0.25, -0.2) is 4.79 Å². The number of nitrogens with one attached hydrogen (secondary N) is 1. The van der Waals surface area contributed by atoms with Gasteiger partial charge in [0.2, 0.25) is 5.91 Å². The lowest BCUT2D eigenvalue weighted by Crippen LogP contribution is -2.64. The zero-order chi connectivity index (χ0) is 27.8. The van der Waals surface area contributed by atoms with Crippen molar-refractivity contribution < 1.29 is 30.0 Å². The van der Waals surface area contributed by atoms with Crippen LogP contribution >= 0.6 is 0 Å². The fourth-order valence-electron chi connectivity index (χ4n) is 9.79. The van der Waals surface area contributed by atoms with E-state index in [2.05, 4.69) is 26.1 Å². The van der Waals surface area contributed by atoms with Crippen LogP contribution < -0.4 is 11.1 Å². The van der Waals surface area contributed by atoms with Gasteiger partial charge in [-0.2, -0.15) is 0 Å². The smallest absolute Gasteiger partial charge is 0.326 e. The van der Waals surface area contributed by atoms with Crippen LogP contribution in [0, 0.1) is 46.3 Å². The molecule has 38 heavy (non-hydrogen) atoms. The highest BCUT2D eigenvalue weighted by Crippen LogP contribution is 2.68. The minimum atomic E-state index is -0.997. The van der Waals surface area contributed by atoms with Crippen molar-refractivity contribution in [2.24, 2.45) is 52.1 Å². The number of fused-ring (bicyclic) bond motifs is 5. The highest BCUT2D eigenvalue weighted by molar-refractivity contribution is 5.83. The molecule has 8 heteroatoms. The van der Waals surface area contributed by atoms with E-state index in [-0.39, 0.29) is 34.7 Å². The van der Waals surface area contributed by atoms with Crippen molar-refractivity contribution in [2.75, 3.05) is 6.54 Å². The molecule has 0 aromatic rings. The molecule has 8 nitrogen and oxygen atoms in total. The van der Waals surface area contributed by atoms with E-state index in [1.54, 1.807) is 0 Å². The van der Waals surface area contributed by atoms with Crippen LogP contribution in [0.15, 0.2) is 0 Å². The van der Waals surface area contributed by atoms with Crippen molar-refractivity contribution in [3.8, 4) is 0 Å². The molecule has 218 valence electrons. The summed E-state index contributed by atoms with van der Waals surface area (Å²) in [6.07, 6.45) is 7.42. The molecule has 0 saturated heterocycles. The number of nitrogens with two attached hydrogens (primary N) is 1. The zero-order valence-electron chi connectivity index (χ0n) is 23.6. The number of rotatable bonds is 10. The summed E-state index contributed by atoms with van der Waals surface area (Å²) in [5.41, 5.74) is 5.52. The van der Waals surface area contributed by atoms with E-state index in [0.29, 0.717) is 62.3 Å². The van der Waals surface area contributed by atoms with Gasteiger partial charge in [-0.3, -0.25) is 4.79 Å². The van der Waals surface area contributed by atoms with E-state index in [9.17, 15) is 30.0 Å². The minimum absolute atomic E-state index is 0.0451. The molecule has 1 amide bonds. The van der Waals surface area contributed by atoms with E-state index in [1.807, 2.05) is 0 Å². The molecule has 0 radical (unpaired) electrons. The minimum Gasteiger partial charge on any atom is -0.480 e. The normalized spacial score (nSPS) is 43.9. The first-order chi connectivity index (χ1) is 17.9. The van der Waals surface area contributed by atoms with Gasteiger partial charge < -0.3 is 31.5 Å². The molecule has 0 unspecified atom stereocenters. The quantitative estimate of drug-likeness (QED) is 0.235. The topological polar surface area (TPSA) is 153 Å². The second-order valence-electron chi connectivity index (χ2n) is 13.8. The van der Waals surface area contributed by atoms with Crippen LogP contribution in [0.2, 0.25) is 0 Å². The molecular formula is C30H52N2O6. The summed E-state index contributed by atoms with van der Waals surface area (Å²) >= 11 is 0. The van der Waals surface area contributed by atoms with Gasteiger partial charge in [0.05, 0.1) is 18.3 Å². The molecule has 7 N–H and O–H groups in total. The van der Waals surface area contributed by atoms with E-state index in [1.165, 1.54) is 0 Å².